The third-order valence-electron chi connectivity index (χ3n) is 4.88. The molecule has 0 saturated heterocycles. The van der Waals surface area contributed by atoms with Crippen LogP contribution in [0.15, 0.2) is 45.0 Å². The van der Waals surface area contributed by atoms with Crippen molar-refractivity contribution >= 4 is 28.2 Å². The normalized spacial score (nSPS) is 11.4. The van der Waals surface area contributed by atoms with Gasteiger partial charge < -0.3 is 28.9 Å². The lowest BCUT2D eigenvalue weighted by atomic mass is 10.2. The number of benzene rings is 2. The van der Waals surface area contributed by atoms with Crippen molar-refractivity contribution in [3.05, 3.63) is 56.7 Å². The van der Waals surface area contributed by atoms with Gasteiger partial charge in [-0.3, -0.25) is 4.79 Å². The maximum atomic E-state index is 13.0. The van der Waals surface area contributed by atoms with Gasteiger partial charge in [0.25, 0.3) is 0 Å². The van der Waals surface area contributed by atoms with Crippen LogP contribution in [0, 0.1) is 0 Å². The number of nitrogens with zero attached hydrogens (tertiary/aromatic N) is 2. The molecular formula is C21H20N4O6. The highest BCUT2D eigenvalue weighted by atomic mass is 16.5. The van der Waals surface area contributed by atoms with Gasteiger partial charge in [-0.05, 0) is 24.3 Å². The van der Waals surface area contributed by atoms with Crippen LogP contribution < -0.4 is 30.2 Å². The number of H-pyrrole nitrogens is 2. The molecule has 0 unspecified atom stereocenters. The molecule has 2 N–H and O–H groups in total. The van der Waals surface area contributed by atoms with Crippen LogP contribution in [0.5, 0.6) is 23.0 Å². The quantitative estimate of drug-likeness (QED) is 0.458. The van der Waals surface area contributed by atoms with Gasteiger partial charge >= 0.3 is 11.2 Å². The zero-order chi connectivity index (χ0) is 22.1. The van der Waals surface area contributed by atoms with Crippen LogP contribution in [-0.2, 0) is 0 Å². The molecule has 0 atom stereocenters. The van der Waals surface area contributed by atoms with Crippen LogP contribution >= 0.6 is 0 Å². The monoisotopic (exact) mass is 424 g/mol. The average molecular weight is 424 g/mol. The van der Waals surface area contributed by atoms with Crippen molar-refractivity contribution in [2.75, 3.05) is 28.4 Å². The van der Waals surface area contributed by atoms with E-state index in [-0.39, 0.29) is 5.52 Å². The molecule has 0 amide bonds. The van der Waals surface area contributed by atoms with Gasteiger partial charge in [-0.25, -0.2) is 4.79 Å². The van der Waals surface area contributed by atoms with Crippen molar-refractivity contribution in [1.29, 1.82) is 0 Å². The zero-order valence-corrected chi connectivity index (χ0v) is 17.3. The van der Waals surface area contributed by atoms with Gasteiger partial charge in [0.2, 0.25) is 0 Å². The number of hydrogen-bond donors (Lipinski definition) is 2. The first-order valence-corrected chi connectivity index (χ1v) is 9.19. The summed E-state index contributed by atoms with van der Waals surface area (Å²) < 4.78 is 21.9. The largest absolute Gasteiger partial charge is 0.497 e. The second kappa shape index (κ2) is 7.90. The lowest BCUT2D eigenvalue weighted by Gasteiger charge is -2.11. The maximum absolute atomic E-state index is 13.0. The second-order valence-corrected chi connectivity index (χ2v) is 6.53. The molecule has 0 aliphatic heterocycles. The molecule has 10 nitrogen and oxygen atoms in total. The topological polar surface area (TPSA) is 120 Å². The van der Waals surface area contributed by atoms with Crippen molar-refractivity contribution in [3.63, 3.8) is 0 Å². The summed E-state index contributed by atoms with van der Waals surface area (Å²) in [7, 11) is 6.04. The maximum Gasteiger partial charge on any atom is 0.350 e. The Kier molecular flexibility index (Phi) is 5.12. The lowest BCUT2D eigenvalue weighted by molar-refractivity contribution is 0.349. The Morgan fingerprint density at radius 3 is 2.23 bits per heavy atom. The van der Waals surface area contributed by atoms with Gasteiger partial charge in [-0.1, -0.05) is 0 Å². The molecular weight excluding hydrogens is 404 g/mol. The van der Waals surface area contributed by atoms with Gasteiger partial charge in [0, 0.05) is 22.5 Å². The molecule has 31 heavy (non-hydrogen) atoms. The Bertz CT molecular complexity index is 1430. The number of nitrogens with one attached hydrogen (secondary N) is 2. The number of rotatable bonds is 6. The van der Waals surface area contributed by atoms with E-state index in [0.29, 0.717) is 45.0 Å². The van der Waals surface area contributed by atoms with E-state index in [1.54, 1.807) is 37.4 Å². The van der Waals surface area contributed by atoms with Crippen molar-refractivity contribution in [2.24, 2.45) is 5.10 Å². The highest BCUT2D eigenvalue weighted by molar-refractivity contribution is 6.04. The fourth-order valence-electron chi connectivity index (χ4n) is 3.32. The van der Waals surface area contributed by atoms with Crippen LogP contribution in [0.2, 0.25) is 0 Å². The first-order chi connectivity index (χ1) is 15.0. The number of methoxy groups -OCH3 is 4. The Balaban J connectivity index is 1.86. The molecule has 2 aromatic carbocycles. The van der Waals surface area contributed by atoms with E-state index in [0.717, 1.165) is 4.68 Å². The molecule has 0 bridgehead atoms. The van der Waals surface area contributed by atoms with Gasteiger partial charge in [0.1, 0.15) is 17.0 Å². The van der Waals surface area contributed by atoms with E-state index < -0.39 is 11.2 Å². The smallest absolute Gasteiger partial charge is 0.350 e. The Labute approximate surface area is 175 Å². The van der Waals surface area contributed by atoms with E-state index in [1.165, 1.54) is 27.5 Å². The summed E-state index contributed by atoms with van der Waals surface area (Å²) in [5.41, 5.74) is 0.514. The molecule has 4 aromatic rings. The lowest BCUT2D eigenvalue weighted by Crippen LogP contribution is -2.32. The highest BCUT2D eigenvalue weighted by Gasteiger charge is 2.14. The summed E-state index contributed by atoms with van der Waals surface area (Å²) in [6.45, 7) is 0. The minimum atomic E-state index is -0.683. The summed E-state index contributed by atoms with van der Waals surface area (Å²) in [5, 5.41) is 4.75. The first-order valence-electron chi connectivity index (χ1n) is 9.19. The fourth-order valence-corrected chi connectivity index (χ4v) is 3.32. The number of aromatic amines is 2. The molecule has 0 spiro atoms. The van der Waals surface area contributed by atoms with E-state index in [2.05, 4.69) is 15.1 Å². The van der Waals surface area contributed by atoms with Gasteiger partial charge in [-0.2, -0.15) is 5.10 Å². The molecule has 2 aromatic heterocycles. The van der Waals surface area contributed by atoms with Crippen molar-refractivity contribution in [1.82, 2.24) is 14.6 Å². The Morgan fingerprint density at radius 2 is 1.55 bits per heavy atom. The number of hydrogen-bond acceptors (Lipinski definition) is 7. The molecule has 0 fully saturated rings. The molecule has 0 aliphatic carbocycles. The Morgan fingerprint density at radius 1 is 0.839 bits per heavy atom. The van der Waals surface area contributed by atoms with Crippen LogP contribution in [0.3, 0.4) is 0 Å². The van der Waals surface area contributed by atoms with E-state index in [9.17, 15) is 9.59 Å². The van der Waals surface area contributed by atoms with Crippen LogP contribution in [0.4, 0.5) is 0 Å². The highest BCUT2D eigenvalue weighted by Crippen LogP contribution is 2.33. The third kappa shape index (κ3) is 3.37. The van der Waals surface area contributed by atoms with E-state index in [4.69, 9.17) is 18.9 Å². The summed E-state index contributed by atoms with van der Waals surface area (Å²) in [5.74, 6) is 1.97. The third-order valence-corrected chi connectivity index (χ3v) is 4.88. The molecule has 10 heteroatoms. The Hall–Kier alpha value is -4.21. The summed E-state index contributed by atoms with van der Waals surface area (Å²) in [6.07, 6.45) is 1.34. The van der Waals surface area contributed by atoms with Crippen LogP contribution in [0.1, 0.15) is 5.56 Å². The van der Waals surface area contributed by atoms with Gasteiger partial charge in [0.05, 0.1) is 40.2 Å². The summed E-state index contributed by atoms with van der Waals surface area (Å²) >= 11 is 0. The summed E-state index contributed by atoms with van der Waals surface area (Å²) in [6, 6.07) is 8.53. The van der Waals surface area contributed by atoms with Crippen molar-refractivity contribution < 1.29 is 18.9 Å². The fraction of sp³-hybridized carbons (Fsp3) is 0.190. The van der Waals surface area contributed by atoms with Gasteiger partial charge in [0.15, 0.2) is 11.5 Å². The molecule has 0 saturated carbocycles. The van der Waals surface area contributed by atoms with Crippen molar-refractivity contribution in [2.45, 2.75) is 0 Å². The predicted octanol–water partition coefficient (Wildman–Crippen LogP) is 2.09. The molecule has 160 valence electrons. The van der Waals surface area contributed by atoms with E-state index in [1.807, 2.05) is 0 Å². The number of aromatic nitrogens is 3. The standard InChI is InChI=1S/C21H20N4O6/c1-28-12-5-6-14-13(8-12)18-19(23-14)20(26)25(21(27)24-18)22-10-11-7-16(30-3)17(31-4)9-15(11)29-2/h5-10,23H,1-4H3,(H,24,27)/b22-10+. The SMILES string of the molecule is COc1ccc2[nH]c3c(=O)n(/N=C/c4cc(OC)c(OC)cc4OC)c(=O)[nH]c3c2c1. The molecule has 4 rings (SSSR count). The van der Waals surface area contributed by atoms with Crippen molar-refractivity contribution in [3.8, 4) is 23.0 Å². The minimum Gasteiger partial charge on any atom is -0.497 e. The first kappa shape index (κ1) is 20.1. The predicted molar refractivity (Wildman–Crippen MR) is 116 cm³/mol. The summed E-state index contributed by atoms with van der Waals surface area (Å²) in [4.78, 5) is 31.3. The van der Waals surface area contributed by atoms with E-state index >= 15 is 0 Å². The zero-order valence-electron chi connectivity index (χ0n) is 17.3. The van der Waals surface area contributed by atoms with Crippen LogP contribution in [-0.4, -0.2) is 49.3 Å². The van der Waals surface area contributed by atoms with Crippen LogP contribution in [0.25, 0.3) is 21.9 Å². The molecule has 0 radical (unpaired) electrons. The van der Waals surface area contributed by atoms with Gasteiger partial charge in [-0.15, -0.1) is 4.68 Å². The molecule has 2 heterocycles. The second-order valence-electron chi connectivity index (χ2n) is 6.53. The average Bonchev–Trinajstić information content (AvgIpc) is 3.16. The number of ether oxygens (including phenoxy) is 4. The number of fused-ring (bicyclic) bond motifs is 3. The minimum absolute atomic E-state index is 0.222. The molecule has 0 aliphatic rings.